The van der Waals surface area contributed by atoms with Crippen LogP contribution in [0.3, 0.4) is 0 Å². The number of rotatable bonds is 7. The minimum Gasteiger partial charge on any atom is -0.357 e. The lowest BCUT2D eigenvalue weighted by Crippen LogP contribution is -2.45. The van der Waals surface area contributed by atoms with Gasteiger partial charge in [-0.1, -0.05) is 19.8 Å². The number of nitrogens with zero attached hydrogens (tertiary/aromatic N) is 1. The van der Waals surface area contributed by atoms with Crippen molar-refractivity contribution in [3.8, 4) is 0 Å². The van der Waals surface area contributed by atoms with Gasteiger partial charge in [0.15, 0.2) is 15.8 Å². The molecule has 0 amide bonds. The van der Waals surface area contributed by atoms with E-state index < -0.39 is 14.6 Å². The van der Waals surface area contributed by atoms with E-state index in [-0.39, 0.29) is 5.75 Å². The second-order valence-corrected chi connectivity index (χ2v) is 10.7. The van der Waals surface area contributed by atoms with Crippen molar-refractivity contribution in [3.05, 3.63) is 0 Å². The van der Waals surface area contributed by atoms with Crippen LogP contribution >= 0.6 is 0 Å². The molecule has 142 valence electrons. The van der Waals surface area contributed by atoms with Crippen molar-refractivity contribution in [2.45, 2.75) is 83.9 Å². The van der Waals surface area contributed by atoms with Crippen molar-refractivity contribution in [1.29, 1.82) is 0 Å². The molecule has 1 aliphatic rings. The summed E-state index contributed by atoms with van der Waals surface area (Å²) in [5, 5.41) is 6.72. The predicted octanol–water partition coefficient (Wildman–Crippen LogP) is 3.11. The van der Waals surface area contributed by atoms with Crippen LogP contribution in [0.15, 0.2) is 4.99 Å². The number of hydrogen-bond donors (Lipinski definition) is 2. The summed E-state index contributed by atoms with van der Waals surface area (Å²) in [4.78, 5) is 4.48. The number of aliphatic imine (C=N–C) groups is 1. The molecule has 0 heterocycles. The van der Waals surface area contributed by atoms with Gasteiger partial charge in [0.25, 0.3) is 0 Å². The van der Waals surface area contributed by atoms with Crippen LogP contribution in [-0.2, 0) is 9.84 Å². The van der Waals surface area contributed by atoms with Gasteiger partial charge in [-0.2, -0.15) is 0 Å². The van der Waals surface area contributed by atoms with Gasteiger partial charge in [-0.05, 0) is 59.3 Å². The summed E-state index contributed by atoms with van der Waals surface area (Å²) in [6, 6.07) is 0.454. The van der Waals surface area contributed by atoms with Gasteiger partial charge in [-0.3, -0.25) is 4.99 Å². The van der Waals surface area contributed by atoms with Gasteiger partial charge in [0.2, 0.25) is 0 Å². The van der Waals surface area contributed by atoms with Crippen molar-refractivity contribution >= 4 is 15.8 Å². The Bertz CT molecular complexity index is 487. The summed E-state index contributed by atoms with van der Waals surface area (Å²) in [6.45, 7) is 10.6. The topological polar surface area (TPSA) is 70.6 Å². The van der Waals surface area contributed by atoms with Crippen LogP contribution in [0.5, 0.6) is 0 Å². The Morgan fingerprint density at radius 3 is 2.25 bits per heavy atom. The molecule has 0 saturated heterocycles. The Hall–Kier alpha value is -0.780. The Labute approximate surface area is 149 Å². The summed E-state index contributed by atoms with van der Waals surface area (Å²) in [5.74, 6) is 1.72. The first kappa shape index (κ1) is 21.3. The molecule has 1 fully saturated rings. The maximum Gasteiger partial charge on any atom is 0.191 e. The van der Waals surface area contributed by atoms with Crippen LogP contribution < -0.4 is 10.6 Å². The highest BCUT2D eigenvalue weighted by Crippen LogP contribution is 2.27. The summed E-state index contributed by atoms with van der Waals surface area (Å²) < 4.78 is 23.6. The summed E-state index contributed by atoms with van der Waals surface area (Å²) >= 11 is 0. The van der Waals surface area contributed by atoms with Crippen LogP contribution in [0.25, 0.3) is 0 Å². The van der Waals surface area contributed by atoms with E-state index in [1.165, 1.54) is 38.5 Å². The van der Waals surface area contributed by atoms with Crippen LogP contribution in [0.4, 0.5) is 0 Å². The highest BCUT2D eigenvalue weighted by molar-refractivity contribution is 7.92. The van der Waals surface area contributed by atoms with Crippen molar-refractivity contribution < 1.29 is 8.42 Å². The van der Waals surface area contributed by atoms with Gasteiger partial charge < -0.3 is 10.6 Å². The van der Waals surface area contributed by atoms with E-state index in [0.717, 1.165) is 18.4 Å². The molecule has 0 bridgehead atoms. The Morgan fingerprint density at radius 1 is 1.12 bits per heavy atom. The second kappa shape index (κ2) is 9.64. The Balaban J connectivity index is 2.52. The van der Waals surface area contributed by atoms with E-state index in [0.29, 0.717) is 12.6 Å². The lowest BCUT2D eigenvalue weighted by atomic mass is 9.83. The lowest BCUT2D eigenvalue weighted by Gasteiger charge is -2.30. The van der Waals surface area contributed by atoms with Crippen LogP contribution in [-0.4, -0.2) is 44.0 Å². The third-order valence-corrected chi connectivity index (χ3v) is 7.38. The molecule has 24 heavy (non-hydrogen) atoms. The van der Waals surface area contributed by atoms with Crippen molar-refractivity contribution in [3.63, 3.8) is 0 Å². The fourth-order valence-electron chi connectivity index (χ4n) is 3.10. The molecule has 0 aromatic heterocycles. The molecule has 0 spiro atoms. The van der Waals surface area contributed by atoms with Crippen LogP contribution in [0.2, 0.25) is 0 Å². The molecule has 0 aromatic carbocycles. The zero-order valence-electron chi connectivity index (χ0n) is 16.2. The maximum absolute atomic E-state index is 12.2. The molecule has 1 saturated carbocycles. The fourth-order valence-corrected chi connectivity index (χ4v) is 4.04. The first-order chi connectivity index (χ1) is 11.2. The minimum absolute atomic E-state index is 0.0936. The van der Waals surface area contributed by atoms with Gasteiger partial charge in [0.05, 0.1) is 17.0 Å². The van der Waals surface area contributed by atoms with E-state index in [2.05, 4.69) is 22.5 Å². The summed E-state index contributed by atoms with van der Waals surface area (Å²) in [7, 11) is -3.12. The zero-order chi connectivity index (χ0) is 18.2. The number of sulfone groups is 1. The molecule has 2 N–H and O–H groups in total. The van der Waals surface area contributed by atoms with E-state index >= 15 is 0 Å². The molecule has 0 unspecified atom stereocenters. The lowest BCUT2D eigenvalue weighted by molar-refractivity contribution is 0.295. The number of nitrogens with one attached hydrogen (secondary N) is 2. The van der Waals surface area contributed by atoms with Gasteiger partial charge >= 0.3 is 0 Å². The quantitative estimate of drug-likeness (QED) is 0.541. The molecule has 0 radical (unpaired) electrons. The molecule has 1 aliphatic carbocycles. The largest absolute Gasteiger partial charge is 0.357 e. The SMILES string of the molecule is CCCC1CCC(NC(=NCCS(=O)(=O)C(C)(C)C)NCC)CC1. The molecular formula is C18H37N3O2S. The Morgan fingerprint density at radius 2 is 1.75 bits per heavy atom. The summed E-state index contributed by atoms with van der Waals surface area (Å²) in [6.07, 6.45) is 7.53. The molecule has 6 heteroatoms. The smallest absolute Gasteiger partial charge is 0.191 e. The molecule has 5 nitrogen and oxygen atoms in total. The molecule has 1 rings (SSSR count). The summed E-state index contributed by atoms with van der Waals surface area (Å²) in [5.41, 5.74) is 0. The van der Waals surface area contributed by atoms with Gasteiger partial charge in [0.1, 0.15) is 0 Å². The molecule has 0 atom stereocenters. The van der Waals surface area contributed by atoms with Gasteiger partial charge in [0, 0.05) is 12.6 Å². The second-order valence-electron chi connectivity index (χ2n) is 7.84. The molecular weight excluding hydrogens is 322 g/mol. The highest BCUT2D eigenvalue weighted by atomic mass is 32.2. The van der Waals surface area contributed by atoms with E-state index in [1.807, 2.05) is 6.92 Å². The average Bonchev–Trinajstić information content (AvgIpc) is 2.48. The van der Waals surface area contributed by atoms with Crippen LogP contribution in [0.1, 0.15) is 73.1 Å². The number of hydrogen-bond acceptors (Lipinski definition) is 3. The van der Waals surface area contributed by atoms with Crippen LogP contribution in [0, 0.1) is 5.92 Å². The van der Waals surface area contributed by atoms with Crippen molar-refractivity contribution in [2.24, 2.45) is 10.9 Å². The predicted molar refractivity (Wildman–Crippen MR) is 103 cm³/mol. The highest BCUT2D eigenvalue weighted by Gasteiger charge is 2.28. The number of guanidine groups is 1. The van der Waals surface area contributed by atoms with E-state index in [1.54, 1.807) is 20.8 Å². The van der Waals surface area contributed by atoms with E-state index in [4.69, 9.17) is 0 Å². The first-order valence-corrected chi connectivity index (χ1v) is 11.1. The maximum atomic E-state index is 12.2. The van der Waals surface area contributed by atoms with Gasteiger partial charge in [-0.15, -0.1) is 0 Å². The first-order valence-electron chi connectivity index (χ1n) is 9.46. The zero-order valence-corrected chi connectivity index (χ0v) is 17.0. The van der Waals surface area contributed by atoms with Crippen molar-refractivity contribution in [1.82, 2.24) is 10.6 Å². The monoisotopic (exact) mass is 359 g/mol. The standard InChI is InChI=1S/C18H37N3O2S/c1-6-8-15-9-11-16(12-10-15)21-17(19-7-2)20-13-14-24(22,23)18(3,4)5/h15-16H,6-14H2,1-5H3,(H2,19,20,21). The van der Waals surface area contributed by atoms with E-state index in [9.17, 15) is 8.42 Å². The Kier molecular flexibility index (Phi) is 8.54. The normalized spacial score (nSPS) is 23.1. The van der Waals surface area contributed by atoms with Gasteiger partial charge in [-0.25, -0.2) is 8.42 Å². The third-order valence-electron chi connectivity index (χ3n) is 4.79. The minimum atomic E-state index is -3.12. The fraction of sp³-hybridized carbons (Fsp3) is 0.944. The third kappa shape index (κ3) is 6.99. The average molecular weight is 360 g/mol. The molecule has 0 aliphatic heterocycles. The molecule has 0 aromatic rings. The van der Waals surface area contributed by atoms with Crippen molar-refractivity contribution in [2.75, 3.05) is 18.8 Å².